The minimum absolute atomic E-state index is 0.0165. The molecule has 1 aliphatic heterocycles. The Morgan fingerprint density at radius 2 is 2.11 bits per heavy atom. The van der Waals surface area contributed by atoms with Crippen molar-refractivity contribution >= 4 is 10.0 Å². The second-order valence-corrected chi connectivity index (χ2v) is 6.48. The molecule has 0 unspecified atom stereocenters. The maximum atomic E-state index is 12.0. The average Bonchev–Trinajstić information content (AvgIpc) is 2.39. The van der Waals surface area contributed by atoms with Crippen LogP contribution in [-0.2, 0) is 15.8 Å². The van der Waals surface area contributed by atoms with Gasteiger partial charge in [0.15, 0.2) is 0 Å². The van der Waals surface area contributed by atoms with Gasteiger partial charge in [0.2, 0.25) is 10.0 Å². The summed E-state index contributed by atoms with van der Waals surface area (Å²) < 4.78 is 26.8. The molecule has 1 fully saturated rings. The summed E-state index contributed by atoms with van der Waals surface area (Å²) in [4.78, 5) is 0. The SMILES string of the molecule is N#Cc1ccc(CS(=O)(=O)N[C@H]2CCCNC2)cc1. The van der Waals surface area contributed by atoms with Crippen LogP contribution in [0.5, 0.6) is 0 Å². The van der Waals surface area contributed by atoms with Crippen LogP contribution in [0, 0.1) is 11.3 Å². The third kappa shape index (κ3) is 4.31. The van der Waals surface area contributed by atoms with Crippen LogP contribution < -0.4 is 10.0 Å². The van der Waals surface area contributed by atoms with Gasteiger partial charge in [-0.25, -0.2) is 13.1 Å². The van der Waals surface area contributed by atoms with Gasteiger partial charge in [-0.2, -0.15) is 5.26 Å². The Balaban J connectivity index is 1.97. The Labute approximate surface area is 113 Å². The lowest BCUT2D eigenvalue weighted by molar-refractivity contribution is 0.428. The minimum Gasteiger partial charge on any atom is -0.315 e. The van der Waals surface area contributed by atoms with Crippen molar-refractivity contribution in [1.82, 2.24) is 10.0 Å². The molecule has 1 saturated heterocycles. The topological polar surface area (TPSA) is 82.0 Å². The molecule has 6 heteroatoms. The Hall–Kier alpha value is -1.42. The lowest BCUT2D eigenvalue weighted by atomic mass is 10.1. The highest BCUT2D eigenvalue weighted by Gasteiger charge is 2.20. The number of benzene rings is 1. The van der Waals surface area contributed by atoms with Gasteiger partial charge in [-0.1, -0.05) is 12.1 Å². The zero-order valence-corrected chi connectivity index (χ0v) is 11.4. The normalized spacial score (nSPS) is 19.8. The predicted octanol–water partition coefficient (Wildman–Crippen LogP) is 0.730. The summed E-state index contributed by atoms with van der Waals surface area (Å²) in [6.45, 7) is 1.64. The van der Waals surface area contributed by atoms with E-state index >= 15 is 0 Å². The average molecular weight is 279 g/mol. The van der Waals surface area contributed by atoms with E-state index < -0.39 is 10.0 Å². The van der Waals surface area contributed by atoms with Crippen molar-refractivity contribution in [2.75, 3.05) is 13.1 Å². The van der Waals surface area contributed by atoms with Crippen LogP contribution in [0.2, 0.25) is 0 Å². The number of rotatable bonds is 4. The Morgan fingerprint density at radius 1 is 1.37 bits per heavy atom. The van der Waals surface area contributed by atoms with Crippen LogP contribution in [0.1, 0.15) is 24.0 Å². The molecule has 0 amide bonds. The molecule has 1 aromatic carbocycles. The highest BCUT2D eigenvalue weighted by molar-refractivity contribution is 7.88. The lowest BCUT2D eigenvalue weighted by Crippen LogP contribution is -2.45. The third-order valence-electron chi connectivity index (χ3n) is 3.08. The van der Waals surface area contributed by atoms with Crippen LogP contribution in [-0.4, -0.2) is 27.5 Å². The molecule has 0 spiro atoms. The fourth-order valence-corrected chi connectivity index (χ4v) is 3.57. The number of nitrogens with one attached hydrogen (secondary N) is 2. The molecular weight excluding hydrogens is 262 g/mol. The smallest absolute Gasteiger partial charge is 0.216 e. The molecule has 0 saturated carbocycles. The van der Waals surface area contributed by atoms with E-state index in [1.807, 2.05) is 6.07 Å². The zero-order valence-electron chi connectivity index (χ0n) is 10.6. The number of sulfonamides is 1. The Morgan fingerprint density at radius 3 is 2.68 bits per heavy atom. The Bertz CT molecular complexity index is 555. The van der Waals surface area contributed by atoms with Gasteiger partial charge in [-0.15, -0.1) is 0 Å². The molecule has 0 aliphatic carbocycles. The second kappa shape index (κ2) is 6.15. The van der Waals surface area contributed by atoms with Gasteiger partial charge in [-0.3, -0.25) is 0 Å². The fourth-order valence-electron chi connectivity index (χ4n) is 2.14. The van der Waals surface area contributed by atoms with Gasteiger partial charge in [0, 0.05) is 12.6 Å². The van der Waals surface area contributed by atoms with Crippen molar-refractivity contribution in [1.29, 1.82) is 5.26 Å². The number of hydrogen-bond acceptors (Lipinski definition) is 4. The molecule has 5 nitrogen and oxygen atoms in total. The number of nitriles is 1. The largest absolute Gasteiger partial charge is 0.315 e. The molecule has 2 N–H and O–H groups in total. The zero-order chi connectivity index (χ0) is 13.7. The molecule has 1 atom stereocenters. The van der Waals surface area contributed by atoms with Crippen LogP contribution in [0.4, 0.5) is 0 Å². The van der Waals surface area contributed by atoms with Crippen molar-refractivity contribution < 1.29 is 8.42 Å². The number of nitrogens with zero attached hydrogens (tertiary/aromatic N) is 1. The van der Waals surface area contributed by atoms with Crippen LogP contribution >= 0.6 is 0 Å². The summed E-state index contributed by atoms with van der Waals surface area (Å²) in [6, 6.07) is 8.61. The van der Waals surface area contributed by atoms with Crippen molar-refractivity contribution in [3.8, 4) is 6.07 Å². The van der Waals surface area contributed by atoms with Crippen molar-refractivity contribution in [3.63, 3.8) is 0 Å². The van der Waals surface area contributed by atoms with Gasteiger partial charge < -0.3 is 5.32 Å². The van der Waals surface area contributed by atoms with Crippen molar-refractivity contribution in [3.05, 3.63) is 35.4 Å². The van der Waals surface area contributed by atoms with E-state index in [9.17, 15) is 8.42 Å². The summed E-state index contributed by atoms with van der Waals surface area (Å²) in [5, 5.41) is 11.9. The van der Waals surface area contributed by atoms with Crippen LogP contribution in [0.25, 0.3) is 0 Å². The lowest BCUT2D eigenvalue weighted by Gasteiger charge is -2.23. The first kappa shape index (κ1) is 14.0. The summed E-state index contributed by atoms with van der Waals surface area (Å²) in [5.41, 5.74) is 1.22. The molecule has 0 radical (unpaired) electrons. The van der Waals surface area contributed by atoms with Crippen molar-refractivity contribution in [2.45, 2.75) is 24.6 Å². The van der Waals surface area contributed by atoms with E-state index in [0.29, 0.717) is 17.7 Å². The monoisotopic (exact) mass is 279 g/mol. The first-order chi connectivity index (χ1) is 9.09. The second-order valence-electron chi connectivity index (χ2n) is 4.73. The van der Waals surface area contributed by atoms with Gasteiger partial charge in [0.1, 0.15) is 0 Å². The standard InChI is InChI=1S/C13H17N3O2S/c14-8-11-3-5-12(6-4-11)10-19(17,18)16-13-2-1-7-15-9-13/h3-6,13,15-16H,1-2,7,9-10H2/t13-/m0/s1. The molecular formula is C13H17N3O2S. The van der Waals surface area contributed by atoms with Crippen LogP contribution in [0.3, 0.4) is 0 Å². The molecule has 0 aromatic heterocycles. The molecule has 102 valence electrons. The van der Waals surface area contributed by atoms with E-state index in [-0.39, 0.29) is 11.8 Å². The van der Waals surface area contributed by atoms with E-state index in [0.717, 1.165) is 19.4 Å². The van der Waals surface area contributed by atoms with Crippen molar-refractivity contribution in [2.24, 2.45) is 0 Å². The summed E-state index contributed by atoms with van der Waals surface area (Å²) >= 11 is 0. The van der Waals surface area contributed by atoms with Gasteiger partial charge in [0.25, 0.3) is 0 Å². The minimum atomic E-state index is -3.33. The highest BCUT2D eigenvalue weighted by Crippen LogP contribution is 2.09. The molecule has 2 rings (SSSR count). The molecule has 1 heterocycles. The quantitative estimate of drug-likeness (QED) is 0.851. The molecule has 19 heavy (non-hydrogen) atoms. The molecule has 1 aliphatic rings. The van der Waals surface area contributed by atoms with E-state index in [4.69, 9.17) is 5.26 Å². The first-order valence-electron chi connectivity index (χ1n) is 6.29. The van der Waals surface area contributed by atoms with Gasteiger partial charge in [0.05, 0.1) is 17.4 Å². The summed E-state index contributed by atoms with van der Waals surface area (Å²) in [7, 11) is -3.33. The first-order valence-corrected chi connectivity index (χ1v) is 7.94. The van der Waals surface area contributed by atoms with E-state index in [1.54, 1.807) is 24.3 Å². The van der Waals surface area contributed by atoms with E-state index in [2.05, 4.69) is 10.0 Å². The highest BCUT2D eigenvalue weighted by atomic mass is 32.2. The summed E-state index contributed by atoms with van der Waals surface area (Å²) in [5.74, 6) is -0.0464. The fraction of sp³-hybridized carbons (Fsp3) is 0.462. The predicted molar refractivity (Wildman–Crippen MR) is 72.8 cm³/mol. The molecule has 1 aromatic rings. The third-order valence-corrected chi connectivity index (χ3v) is 4.49. The van der Waals surface area contributed by atoms with E-state index in [1.165, 1.54) is 0 Å². The Kier molecular flexibility index (Phi) is 4.53. The maximum absolute atomic E-state index is 12.0. The summed E-state index contributed by atoms with van der Waals surface area (Å²) in [6.07, 6.45) is 1.86. The maximum Gasteiger partial charge on any atom is 0.216 e. The number of hydrogen-bond donors (Lipinski definition) is 2. The number of piperidine rings is 1. The molecule has 0 bridgehead atoms. The van der Waals surface area contributed by atoms with Gasteiger partial charge >= 0.3 is 0 Å². The van der Waals surface area contributed by atoms with Crippen LogP contribution in [0.15, 0.2) is 24.3 Å². The van der Waals surface area contributed by atoms with Gasteiger partial charge in [-0.05, 0) is 37.1 Å².